The second-order valence-corrected chi connectivity index (χ2v) is 7.50. The van der Waals surface area contributed by atoms with E-state index >= 15 is 0 Å². The third kappa shape index (κ3) is 3.77. The molecule has 1 unspecified atom stereocenters. The molecule has 3 aliphatic heterocycles. The molecule has 1 saturated heterocycles. The Balaban J connectivity index is 1.47. The van der Waals surface area contributed by atoms with Crippen molar-refractivity contribution in [3.63, 3.8) is 0 Å². The van der Waals surface area contributed by atoms with Crippen molar-refractivity contribution in [1.29, 1.82) is 0 Å². The number of nitrogens with one attached hydrogen (secondary N) is 2. The van der Waals surface area contributed by atoms with Gasteiger partial charge in [-0.1, -0.05) is 6.07 Å². The number of hydrogen-bond donors (Lipinski definition) is 3. The summed E-state index contributed by atoms with van der Waals surface area (Å²) >= 11 is 0. The van der Waals surface area contributed by atoms with E-state index in [2.05, 4.69) is 15.5 Å². The van der Waals surface area contributed by atoms with Crippen molar-refractivity contribution < 1.29 is 24.2 Å². The molecule has 1 fully saturated rings. The second kappa shape index (κ2) is 7.75. The number of carbonyl (C=O) groups is 3. The van der Waals surface area contributed by atoms with Gasteiger partial charge in [-0.05, 0) is 24.1 Å². The van der Waals surface area contributed by atoms with Crippen LogP contribution in [0.4, 0.5) is 4.79 Å². The highest BCUT2D eigenvalue weighted by atomic mass is 16.5. The van der Waals surface area contributed by atoms with Crippen LogP contribution in [-0.4, -0.2) is 72.5 Å². The molecule has 1 aromatic carbocycles. The van der Waals surface area contributed by atoms with Gasteiger partial charge in [-0.15, -0.1) is 0 Å². The van der Waals surface area contributed by atoms with Gasteiger partial charge in [-0.2, -0.15) is 0 Å². The minimum absolute atomic E-state index is 0.00881. The van der Waals surface area contributed by atoms with Crippen LogP contribution < -0.4 is 15.4 Å². The molecule has 3 heterocycles. The normalized spacial score (nSPS) is 22.0. The van der Waals surface area contributed by atoms with Gasteiger partial charge in [0.15, 0.2) is 11.5 Å². The van der Waals surface area contributed by atoms with Gasteiger partial charge in [0.05, 0.1) is 37.5 Å². The molecule has 3 amide bonds. The molecule has 9 nitrogen and oxygen atoms in total. The number of urea groups is 1. The van der Waals surface area contributed by atoms with Crippen molar-refractivity contribution in [2.24, 2.45) is 0 Å². The Kier molecular flexibility index (Phi) is 5.14. The van der Waals surface area contributed by atoms with E-state index < -0.39 is 6.04 Å². The topological polar surface area (TPSA) is 111 Å². The van der Waals surface area contributed by atoms with Crippen LogP contribution in [0.3, 0.4) is 0 Å². The van der Waals surface area contributed by atoms with E-state index in [1.165, 1.54) is 13.2 Å². The average molecular weight is 400 g/mol. The SMILES string of the molecule is COc1cc(C2NC(=O)NC3=C2C(=O)N(CCCN2CCC(=O)C2)C3)ccc1O. The Morgan fingerprint density at radius 2 is 2.03 bits per heavy atom. The molecule has 3 aliphatic rings. The van der Waals surface area contributed by atoms with Crippen LogP contribution in [-0.2, 0) is 9.59 Å². The van der Waals surface area contributed by atoms with E-state index in [1.807, 2.05) is 0 Å². The number of rotatable bonds is 6. The van der Waals surface area contributed by atoms with Gasteiger partial charge in [0.25, 0.3) is 5.91 Å². The molecule has 1 aromatic rings. The predicted molar refractivity (Wildman–Crippen MR) is 103 cm³/mol. The molecule has 0 aliphatic carbocycles. The highest BCUT2D eigenvalue weighted by Crippen LogP contribution is 2.36. The minimum atomic E-state index is -0.609. The zero-order valence-corrected chi connectivity index (χ0v) is 16.2. The number of phenolic OH excluding ortho intramolecular Hbond substituents is 1. The number of nitrogens with zero attached hydrogens (tertiary/aromatic N) is 2. The Morgan fingerprint density at radius 1 is 1.21 bits per heavy atom. The lowest BCUT2D eigenvalue weighted by molar-refractivity contribution is -0.126. The summed E-state index contributed by atoms with van der Waals surface area (Å²) in [4.78, 5) is 40.4. The number of ketones is 1. The Hall–Kier alpha value is -3.07. The lowest BCUT2D eigenvalue weighted by atomic mass is 9.96. The van der Waals surface area contributed by atoms with Crippen LogP contribution in [0.1, 0.15) is 24.4 Å². The zero-order valence-electron chi connectivity index (χ0n) is 16.2. The maximum atomic E-state index is 13.1. The fraction of sp³-hybridized carbons (Fsp3) is 0.450. The van der Waals surface area contributed by atoms with E-state index in [4.69, 9.17) is 4.74 Å². The summed E-state index contributed by atoms with van der Waals surface area (Å²) in [6.07, 6.45) is 1.37. The Labute approximate surface area is 168 Å². The van der Waals surface area contributed by atoms with E-state index in [1.54, 1.807) is 17.0 Å². The van der Waals surface area contributed by atoms with Gasteiger partial charge < -0.3 is 25.4 Å². The number of aromatic hydroxyl groups is 1. The maximum Gasteiger partial charge on any atom is 0.319 e. The maximum absolute atomic E-state index is 13.1. The van der Waals surface area contributed by atoms with Gasteiger partial charge in [-0.25, -0.2) is 4.79 Å². The first kappa shape index (κ1) is 19.3. The van der Waals surface area contributed by atoms with Crippen LogP contribution in [0.2, 0.25) is 0 Å². The summed E-state index contributed by atoms with van der Waals surface area (Å²) in [6.45, 7) is 2.95. The smallest absolute Gasteiger partial charge is 0.319 e. The molecular weight excluding hydrogens is 376 g/mol. The molecule has 154 valence electrons. The van der Waals surface area contributed by atoms with E-state index in [0.717, 1.165) is 19.5 Å². The molecular formula is C20H24N4O5. The van der Waals surface area contributed by atoms with Crippen LogP contribution in [0.25, 0.3) is 0 Å². The number of amides is 3. The number of phenols is 1. The third-order valence-corrected chi connectivity index (χ3v) is 5.57. The molecule has 3 N–H and O–H groups in total. The molecule has 0 saturated carbocycles. The van der Waals surface area contributed by atoms with Gasteiger partial charge in [0.2, 0.25) is 0 Å². The standard InChI is InChI=1S/C20H24N4O5/c1-29-16-9-12(3-4-15(16)26)18-17-14(21-20(28)22-18)11-24(19(17)27)7-2-6-23-8-5-13(25)10-23/h3-4,9,18,26H,2,5-8,10-11H2,1H3,(H2,21,22,28). The summed E-state index contributed by atoms with van der Waals surface area (Å²) < 4.78 is 5.15. The summed E-state index contributed by atoms with van der Waals surface area (Å²) in [5.41, 5.74) is 1.77. The van der Waals surface area contributed by atoms with Crippen molar-refractivity contribution >= 4 is 17.7 Å². The summed E-state index contributed by atoms with van der Waals surface area (Å²) in [6, 6.07) is 3.79. The van der Waals surface area contributed by atoms with Crippen molar-refractivity contribution in [1.82, 2.24) is 20.4 Å². The van der Waals surface area contributed by atoms with Gasteiger partial charge >= 0.3 is 6.03 Å². The molecule has 29 heavy (non-hydrogen) atoms. The molecule has 9 heteroatoms. The highest BCUT2D eigenvalue weighted by Gasteiger charge is 2.40. The summed E-state index contributed by atoms with van der Waals surface area (Å²) in [5.74, 6) is 0.410. The number of carbonyl (C=O) groups excluding carboxylic acids is 3. The van der Waals surface area contributed by atoms with Crippen molar-refractivity contribution in [3.05, 3.63) is 35.0 Å². The first-order valence-corrected chi connectivity index (χ1v) is 9.67. The van der Waals surface area contributed by atoms with Crippen LogP contribution >= 0.6 is 0 Å². The van der Waals surface area contributed by atoms with Crippen LogP contribution in [0.15, 0.2) is 29.5 Å². The Bertz CT molecular complexity index is 897. The third-order valence-electron chi connectivity index (χ3n) is 5.57. The lowest BCUT2D eigenvalue weighted by Crippen LogP contribution is -2.44. The fourth-order valence-corrected chi connectivity index (χ4v) is 4.10. The zero-order chi connectivity index (χ0) is 20.5. The minimum Gasteiger partial charge on any atom is -0.504 e. The quantitative estimate of drug-likeness (QED) is 0.642. The number of methoxy groups -OCH3 is 1. The summed E-state index contributed by atoms with van der Waals surface area (Å²) in [7, 11) is 1.45. The first-order chi connectivity index (χ1) is 14.0. The van der Waals surface area contributed by atoms with Crippen LogP contribution in [0.5, 0.6) is 11.5 Å². The number of benzene rings is 1. The van der Waals surface area contributed by atoms with Crippen molar-refractivity contribution in [2.45, 2.75) is 18.9 Å². The fourth-order valence-electron chi connectivity index (χ4n) is 4.10. The second-order valence-electron chi connectivity index (χ2n) is 7.50. The van der Waals surface area contributed by atoms with Crippen LogP contribution in [0, 0.1) is 0 Å². The molecule has 0 aromatic heterocycles. The van der Waals surface area contributed by atoms with E-state index in [0.29, 0.717) is 42.9 Å². The molecule has 0 spiro atoms. The monoisotopic (exact) mass is 400 g/mol. The number of likely N-dealkylation sites (tertiary alicyclic amines) is 1. The predicted octanol–water partition coefficient (Wildman–Crippen LogP) is 0.516. The van der Waals surface area contributed by atoms with E-state index in [9.17, 15) is 19.5 Å². The number of Topliss-reactive ketones (excluding diaryl/α,β-unsaturated/α-hetero) is 1. The van der Waals surface area contributed by atoms with Gasteiger partial charge in [0, 0.05) is 26.1 Å². The average Bonchev–Trinajstić information content (AvgIpc) is 3.25. The molecule has 4 rings (SSSR count). The largest absolute Gasteiger partial charge is 0.504 e. The summed E-state index contributed by atoms with van der Waals surface area (Å²) in [5, 5.41) is 15.4. The first-order valence-electron chi connectivity index (χ1n) is 9.67. The van der Waals surface area contributed by atoms with Crippen molar-refractivity contribution in [2.75, 3.05) is 39.8 Å². The van der Waals surface area contributed by atoms with E-state index in [-0.39, 0.29) is 29.2 Å². The van der Waals surface area contributed by atoms with Gasteiger partial charge in [0.1, 0.15) is 5.78 Å². The highest BCUT2D eigenvalue weighted by molar-refractivity contribution is 6.01. The number of hydrogen-bond acceptors (Lipinski definition) is 6. The lowest BCUT2D eigenvalue weighted by Gasteiger charge is -2.26. The number of ether oxygens (including phenoxy) is 1. The molecule has 0 bridgehead atoms. The van der Waals surface area contributed by atoms with Crippen molar-refractivity contribution in [3.8, 4) is 11.5 Å². The molecule has 0 radical (unpaired) electrons. The Morgan fingerprint density at radius 3 is 2.76 bits per heavy atom. The van der Waals surface area contributed by atoms with Gasteiger partial charge in [-0.3, -0.25) is 14.5 Å². The molecule has 1 atom stereocenters.